The lowest BCUT2D eigenvalue weighted by molar-refractivity contribution is -0.118. The highest BCUT2D eigenvalue weighted by Crippen LogP contribution is 2.41. The number of para-hydroxylation sites is 2. The van der Waals surface area contributed by atoms with Crippen molar-refractivity contribution in [1.29, 1.82) is 0 Å². The number of hydrogen-bond acceptors (Lipinski definition) is 8. The van der Waals surface area contributed by atoms with Crippen molar-refractivity contribution in [2.45, 2.75) is 79.1 Å². The van der Waals surface area contributed by atoms with Gasteiger partial charge in [-0.2, -0.15) is 0 Å². The first kappa shape index (κ1) is 45.6. The predicted octanol–water partition coefficient (Wildman–Crippen LogP) is 9.29. The van der Waals surface area contributed by atoms with Crippen molar-refractivity contribution < 1.29 is 38.1 Å². The highest BCUT2D eigenvalue weighted by molar-refractivity contribution is 6.29. The Balaban J connectivity index is 1.81. The van der Waals surface area contributed by atoms with Gasteiger partial charge in [-0.05, 0) is 72.2 Å². The number of carbonyl (C=O) groups excluding carboxylic acids is 4. The number of carbonyl (C=O) groups is 4. The predicted molar refractivity (Wildman–Crippen MR) is 236 cm³/mol. The van der Waals surface area contributed by atoms with Crippen LogP contribution < -0.4 is 40.2 Å². The molecule has 0 heterocycles. The van der Waals surface area contributed by atoms with E-state index in [4.69, 9.17) is 42.1 Å². The Morgan fingerprint density at radius 2 is 0.733 bits per heavy atom. The molecule has 14 heteroatoms. The van der Waals surface area contributed by atoms with Crippen molar-refractivity contribution in [2.75, 3.05) is 48.8 Å². The number of hydrogen-bond donors (Lipinski definition) is 4. The standard InChI is InChI=1S/C46H54Cl2N4O8/c1-5-15-57-41-29-11-9-12-30(41)20-34-24-38(50-46(56)52-40(54)28-48)26-36(44(34)60-18-8-4)22-32-14-10-13-31(42(32)58-16-6-2)21-35-25-37(49-45(55)51-39(53)27-47)23-33(19-29)43(35)59-17-7-3/h9-14,23-26H,5-8,15-22,27-28H2,1-4H3,(H2,49,51,53,55)(H2,50,52,54,56). The number of nitrogens with one attached hydrogen (secondary N) is 4. The summed E-state index contributed by atoms with van der Waals surface area (Å²) in [6, 6.07) is 18.1. The molecule has 1 aliphatic rings. The van der Waals surface area contributed by atoms with Gasteiger partial charge in [0.05, 0.1) is 26.4 Å². The van der Waals surface area contributed by atoms with Crippen LogP contribution in [-0.4, -0.2) is 62.1 Å². The zero-order chi connectivity index (χ0) is 43.0. The molecular formula is C46H54Cl2N4O8. The largest absolute Gasteiger partial charge is 0.493 e. The highest BCUT2D eigenvalue weighted by atomic mass is 35.5. The van der Waals surface area contributed by atoms with E-state index in [2.05, 4.69) is 21.3 Å². The second kappa shape index (κ2) is 22.8. The second-order valence-corrected chi connectivity index (χ2v) is 15.0. The average Bonchev–Trinajstić information content (AvgIpc) is 3.22. The number of alkyl halides is 2. The number of imide groups is 2. The van der Waals surface area contributed by atoms with Gasteiger partial charge in [0.1, 0.15) is 34.8 Å². The van der Waals surface area contributed by atoms with Crippen molar-refractivity contribution >= 4 is 58.5 Å². The van der Waals surface area contributed by atoms with Gasteiger partial charge >= 0.3 is 12.1 Å². The maximum Gasteiger partial charge on any atom is 0.325 e. The molecule has 6 amide bonds. The molecule has 0 fully saturated rings. The first-order chi connectivity index (χ1) is 29.1. The molecule has 8 bridgehead atoms. The Morgan fingerprint density at radius 1 is 0.467 bits per heavy atom. The molecule has 4 aromatic carbocycles. The van der Waals surface area contributed by atoms with E-state index in [1.54, 1.807) is 0 Å². The molecule has 60 heavy (non-hydrogen) atoms. The number of anilines is 2. The molecule has 0 aromatic heterocycles. The number of halogens is 2. The molecule has 5 rings (SSSR count). The van der Waals surface area contributed by atoms with Crippen LogP contribution in [0.4, 0.5) is 21.0 Å². The summed E-state index contributed by atoms with van der Waals surface area (Å²) in [5, 5.41) is 10.2. The molecule has 0 radical (unpaired) electrons. The Morgan fingerprint density at radius 3 is 0.983 bits per heavy atom. The number of amides is 6. The molecule has 0 unspecified atom stereocenters. The summed E-state index contributed by atoms with van der Waals surface area (Å²) >= 11 is 11.4. The summed E-state index contributed by atoms with van der Waals surface area (Å²) in [6.45, 7) is 10.0. The minimum Gasteiger partial charge on any atom is -0.493 e. The Labute approximate surface area is 362 Å². The van der Waals surface area contributed by atoms with Crippen LogP contribution in [0.3, 0.4) is 0 Å². The minimum absolute atomic E-state index is 0.361. The number of rotatable bonds is 16. The fraction of sp³-hybridized carbons (Fsp3) is 0.391. The quantitative estimate of drug-likeness (QED) is 0.0717. The van der Waals surface area contributed by atoms with Crippen LogP contribution in [0.15, 0.2) is 60.7 Å². The zero-order valence-corrected chi connectivity index (χ0v) is 36.2. The second-order valence-electron chi connectivity index (χ2n) is 14.4. The summed E-state index contributed by atoms with van der Waals surface area (Å²) in [6.07, 6.45) is 4.56. The molecule has 12 nitrogen and oxygen atoms in total. The maximum absolute atomic E-state index is 13.0. The third-order valence-electron chi connectivity index (χ3n) is 9.43. The van der Waals surface area contributed by atoms with E-state index < -0.39 is 23.9 Å². The van der Waals surface area contributed by atoms with Gasteiger partial charge in [-0.3, -0.25) is 20.2 Å². The van der Waals surface area contributed by atoms with E-state index in [1.165, 1.54) is 0 Å². The lowest BCUT2D eigenvalue weighted by Gasteiger charge is -2.24. The van der Waals surface area contributed by atoms with Crippen LogP contribution in [0, 0.1) is 0 Å². The summed E-state index contributed by atoms with van der Waals surface area (Å²) < 4.78 is 26.3. The number of fused-ring (bicyclic) bond motifs is 8. The molecule has 0 saturated heterocycles. The fourth-order valence-corrected chi connectivity index (χ4v) is 7.17. The van der Waals surface area contributed by atoms with Gasteiger partial charge in [0.25, 0.3) is 0 Å². The van der Waals surface area contributed by atoms with Crippen LogP contribution >= 0.6 is 23.2 Å². The van der Waals surface area contributed by atoms with E-state index >= 15 is 0 Å². The molecule has 0 aliphatic heterocycles. The third kappa shape index (κ3) is 12.3. The van der Waals surface area contributed by atoms with E-state index in [0.29, 0.717) is 86.5 Å². The van der Waals surface area contributed by atoms with Gasteiger partial charge in [-0.1, -0.05) is 64.1 Å². The molecule has 0 spiro atoms. The maximum atomic E-state index is 13.0. The van der Waals surface area contributed by atoms with E-state index in [0.717, 1.165) is 70.2 Å². The van der Waals surface area contributed by atoms with Gasteiger partial charge in [0.2, 0.25) is 11.8 Å². The fourth-order valence-electron chi connectivity index (χ4n) is 7.03. The Hall–Kier alpha value is -5.46. The van der Waals surface area contributed by atoms with Crippen LogP contribution in [-0.2, 0) is 35.3 Å². The van der Waals surface area contributed by atoms with Gasteiger partial charge in [0, 0.05) is 59.3 Å². The van der Waals surface area contributed by atoms with Crippen molar-refractivity contribution in [3.63, 3.8) is 0 Å². The minimum atomic E-state index is -0.705. The average molecular weight is 862 g/mol. The van der Waals surface area contributed by atoms with Gasteiger partial charge in [-0.25, -0.2) is 9.59 Å². The topological polar surface area (TPSA) is 153 Å². The first-order valence-electron chi connectivity index (χ1n) is 20.5. The van der Waals surface area contributed by atoms with Crippen molar-refractivity contribution in [3.8, 4) is 23.0 Å². The molecule has 320 valence electrons. The lowest BCUT2D eigenvalue weighted by Crippen LogP contribution is -2.35. The Bertz CT molecular complexity index is 1920. The zero-order valence-electron chi connectivity index (χ0n) is 34.7. The summed E-state index contributed by atoms with van der Waals surface area (Å²) in [7, 11) is 0. The highest BCUT2D eigenvalue weighted by Gasteiger charge is 2.24. The van der Waals surface area contributed by atoms with Gasteiger partial charge < -0.3 is 29.6 Å². The normalized spacial score (nSPS) is 11.8. The molecule has 4 aromatic rings. The Kier molecular flexibility index (Phi) is 17.3. The molecular weight excluding hydrogens is 807 g/mol. The van der Waals surface area contributed by atoms with Crippen molar-refractivity contribution in [2.24, 2.45) is 0 Å². The molecule has 0 atom stereocenters. The SMILES string of the molecule is CCCOc1c2cccc1Cc1cc(NC(=O)NC(=O)CCl)cc(c1OCCC)Cc1cccc(c1OCCC)Cc1cc(NC(=O)NC(=O)CCl)cc(c1OCCC)C2. The summed E-state index contributed by atoms with van der Waals surface area (Å²) in [5.74, 6) is 0.809. The van der Waals surface area contributed by atoms with E-state index in [9.17, 15) is 19.2 Å². The first-order valence-corrected chi connectivity index (χ1v) is 21.6. The number of ether oxygens (including phenoxy) is 4. The van der Waals surface area contributed by atoms with E-state index in [-0.39, 0.29) is 11.8 Å². The third-order valence-corrected chi connectivity index (χ3v) is 9.92. The van der Waals surface area contributed by atoms with Gasteiger partial charge in [0.15, 0.2) is 0 Å². The van der Waals surface area contributed by atoms with Crippen LogP contribution in [0.1, 0.15) is 97.9 Å². The van der Waals surface area contributed by atoms with Crippen LogP contribution in [0.5, 0.6) is 23.0 Å². The van der Waals surface area contributed by atoms with E-state index in [1.807, 2.05) is 88.4 Å². The monoisotopic (exact) mass is 860 g/mol. The van der Waals surface area contributed by atoms with Gasteiger partial charge in [-0.15, -0.1) is 23.2 Å². The van der Waals surface area contributed by atoms with Crippen LogP contribution in [0.2, 0.25) is 0 Å². The number of benzene rings is 4. The molecule has 0 saturated carbocycles. The summed E-state index contributed by atoms with van der Waals surface area (Å²) in [5.41, 5.74) is 7.69. The smallest absolute Gasteiger partial charge is 0.325 e. The van der Waals surface area contributed by atoms with Crippen LogP contribution in [0.25, 0.3) is 0 Å². The lowest BCUT2D eigenvalue weighted by atomic mass is 9.90. The van der Waals surface area contributed by atoms with Crippen molar-refractivity contribution in [1.82, 2.24) is 10.6 Å². The molecule has 1 aliphatic carbocycles. The van der Waals surface area contributed by atoms with Crippen molar-refractivity contribution in [3.05, 3.63) is 105 Å². The summed E-state index contributed by atoms with van der Waals surface area (Å²) in [4.78, 5) is 50.1. The molecule has 4 N–H and O–H groups in total. The number of urea groups is 2.